The van der Waals surface area contributed by atoms with Crippen LogP contribution in [-0.2, 0) is 11.3 Å². The van der Waals surface area contributed by atoms with Gasteiger partial charge in [-0.05, 0) is 18.6 Å². The van der Waals surface area contributed by atoms with Crippen LogP contribution in [0.3, 0.4) is 0 Å². The number of nitrogens with one attached hydrogen (secondary N) is 1. The van der Waals surface area contributed by atoms with Gasteiger partial charge < -0.3 is 14.8 Å². The Hall–Kier alpha value is -2.74. The lowest BCUT2D eigenvalue weighted by atomic mass is 10.2. The summed E-state index contributed by atoms with van der Waals surface area (Å²) < 4.78 is 12.3. The van der Waals surface area contributed by atoms with Crippen molar-refractivity contribution in [1.82, 2.24) is 20.1 Å². The SMILES string of the molecule is O=C(NCCCn1ncccc1=O)c1ccnc(OC2CCOC2)c1. The lowest BCUT2D eigenvalue weighted by Crippen LogP contribution is -2.28. The first-order valence-electron chi connectivity index (χ1n) is 8.23. The maximum absolute atomic E-state index is 12.2. The molecular formula is C17H20N4O4. The average molecular weight is 344 g/mol. The van der Waals surface area contributed by atoms with Gasteiger partial charge in [0.25, 0.3) is 11.5 Å². The highest BCUT2D eigenvalue weighted by Gasteiger charge is 2.18. The standard InChI is InChI=1S/C17H20N4O4/c22-16-3-1-7-20-21(16)9-2-6-19-17(23)13-4-8-18-15(11-13)25-14-5-10-24-12-14/h1,3-4,7-8,11,14H,2,5-6,9-10,12H2,(H,19,23). The molecule has 0 spiro atoms. The number of amides is 1. The zero-order chi connectivity index (χ0) is 17.5. The first-order valence-corrected chi connectivity index (χ1v) is 8.23. The number of aryl methyl sites for hydroxylation is 1. The van der Waals surface area contributed by atoms with Crippen LogP contribution in [0.1, 0.15) is 23.2 Å². The molecule has 1 unspecified atom stereocenters. The van der Waals surface area contributed by atoms with E-state index in [9.17, 15) is 9.59 Å². The third-order valence-electron chi connectivity index (χ3n) is 3.79. The molecule has 0 bridgehead atoms. The van der Waals surface area contributed by atoms with Crippen molar-refractivity contribution in [2.24, 2.45) is 0 Å². The second kappa shape index (κ2) is 8.39. The van der Waals surface area contributed by atoms with Gasteiger partial charge in [0.05, 0.1) is 13.2 Å². The minimum Gasteiger partial charge on any atom is -0.472 e. The van der Waals surface area contributed by atoms with Gasteiger partial charge in [-0.3, -0.25) is 9.59 Å². The molecule has 1 aliphatic rings. The van der Waals surface area contributed by atoms with Crippen LogP contribution in [0, 0.1) is 0 Å². The van der Waals surface area contributed by atoms with Crippen molar-refractivity contribution < 1.29 is 14.3 Å². The predicted octanol–water partition coefficient (Wildman–Crippen LogP) is 0.626. The van der Waals surface area contributed by atoms with Gasteiger partial charge in [-0.2, -0.15) is 5.10 Å². The Balaban J connectivity index is 1.47. The molecule has 0 aromatic carbocycles. The number of carbonyl (C=O) groups is 1. The Morgan fingerprint density at radius 3 is 3.12 bits per heavy atom. The van der Waals surface area contributed by atoms with Crippen molar-refractivity contribution in [1.29, 1.82) is 0 Å². The Morgan fingerprint density at radius 1 is 1.40 bits per heavy atom. The summed E-state index contributed by atoms with van der Waals surface area (Å²) >= 11 is 0. The van der Waals surface area contributed by atoms with E-state index in [1.165, 1.54) is 10.7 Å². The van der Waals surface area contributed by atoms with Gasteiger partial charge in [0, 0.05) is 49.6 Å². The quantitative estimate of drug-likeness (QED) is 0.740. The van der Waals surface area contributed by atoms with E-state index in [1.54, 1.807) is 30.6 Å². The summed E-state index contributed by atoms with van der Waals surface area (Å²) in [7, 11) is 0. The highest BCUT2D eigenvalue weighted by atomic mass is 16.5. The summed E-state index contributed by atoms with van der Waals surface area (Å²) in [6.07, 6.45) is 4.53. The van der Waals surface area contributed by atoms with Gasteiger partial charge >= 0.3 is 0 Å². The van der Waals surface area contributed by atoms with Crippen LogP contribution in [0.15, 0.2) is 41.5 Å². The topological polar surface area (TPSA) is 95.3 Å². The fourth-order valence-electron chi connectivity index (χ4n) is 2.48. The van der Waals surface area contributed by atoms with E-state index in [2.05, 4.69) is 15.4 Å². The average Bonchev–Trinajstić information content (AvgIpc) is 3.13. The van der Waals surface area contributed by atoms with E-state index in [0.29, 0.717) is 44.2 Å². The van der Waals surface area contributed by atoms with Crippen molar-refractivity contribution in [2.75, 3.05) is 19.8 Å². The third-order valence-corrected chi connectivity index (χ3v) is 3.79. The van der Waals surface area contributed by atoms with Crippen LogP contribution in [0.25, 0.3) is 0 Å². The minimum absolute atomic E-state index is 0.0116. The molecule has 25 heavy (non-hydrogen) atoms. The zero-order valence-electron chi connectivity index (χ0n) is 13.8. The van der Waals surface area contributed by atoms with E-state index in [0.717, 1.165) is 6.42 Å². The molecule has 1 aliphatic heterocycles. The Morgan fingerprint density at radius 2 is 2.32 bits per heavy atom. The van der Waals surface area contributed by atoms with Gasteiger partial charge in [-0.25, -0.2) is 9.67 Å². The zero-order valence-corrected chi connectivity index (χ0v) is 13.8. The third kappa shape index (κ3) is 4.87. The van der Waals surface area contributed by atoms with Crippen molar-refractivity contribution in [3.8, 4) is 5.88 Å². The van der Waals surface area contributed by atoms with Crippen molar-refractivity contribution in [2.45, 2.75) is 25.5 Å². The first kappa shape index (κ1) is 17.1. The second-order valence-corrected chi connectivity index (χ2v) is 5.68. The summed E-state index contributed by atoms with van der Waals surface area (Å²) in [5, 5.41) is 6.79. The fourth-order valence-corrected chi connectivity index (χ4v) is 2.48. The number of carbonyl (C=O) groups excluding carboxylic acids is 1. The van der Waals surface area contributed by atoms with E-state index in [-0.39, 0.29) is 17.6 Å². The van der Waals surface area contributed by atoms with E-state index < -0.39 is 0 Å². The molecule has 1 N–H and O–H groups in total. The lowest BCUT2D eigenvalue weighted by molar-refractivity contribution is 0.0951. The molecule has 2 aromatic heterocycles. The molecular weight excluding hydrogens is 324 g/mol. The van der Waals surface area contributed by atoms with Crippen molar-refractivity contribution in [3.05, 3.63) is 52.6 Å². The number of hydrogen-bond acceptors (Lipinski definition) is 6. The van der Waals surface area contributed by atoms with Crippen LogP contribution < -0.4 is 15.6 Å². The smallest absolute Gasteiger partial charge is 0.266 e. The Labute approximate surface area is 144 Å². The predicted molar refractivity (Wildman–Crippen MR) is 89.5 cm³/mol. The highest BCUT2D eigenvalue weighted by Crippen LogP contribution is 2.15. The molecule has 1 saturated heterocycles. The van der Waals surface area contributed by atoms with Crippen molar-refractivity contribution >= 4 is 5.91 Å². The number of pyridine rings is 1. The molecule has 0 radical (unpaired) electrons. The number of aromatic nitrogens is 3. The van der Waals surface area contributed by atoms with Crippen LogP contribution in [0.2, 0.25) is 0 Å². The molecule has 8 nitrogen and oxygen atoms in total. The lowest BCUT2D eigenvalue weighted by Gasteiger charge is -2.11. The molecule has 0 saturated carbocycles. The van der Waals surface area contributed by atoms with Crippen LogP contribution in [0.4, 0.5) is 0 Å². The minimum atomic E-state index is -0.205. The van der Waals surface area contributed by atoms with Gasteiger partial charge in [0.15, 0.2) is 0 Å². The Kier molecular flexibility index (Phi) is 5.73. The number of nitrogens with zero attached hydrogens (tertiary/aromatic N) is 3. The van der Waals surface area contributed by atoms with Crippen LogP contribution in [0.5, 0.6) is 5.88 Å². The molecule has 3 rings (SSSR count). The normalized spacial score (nSPS) is 16.6. The monoisotopic (exact) mass is 344 g/mol. The van der Waals surface area contributed by atoms with Gasteiger partial charge in [-0.15, -0.1) is 0 Å². The molecule has 1 atom stereocenters. The number of hydrogen-bond donors (Lipinski definition) is 1. The number of rotatable bonds is 7. The molecule has 132 valence electrons. The van der Waals surface area contributed by atoms with Crippen LogP contribution in [-0.4, -0.2) is 46.5 Å². The van der Waals surface area contributed by atoms with Crippen LogP contribution >= 0.6 is 0 Å². The molecule has 8 heteroatoms. The molecule has 2 aromatic rings. The van der Waals surface area contributed by atoms with E-state index in [4.69, 9.17) is 9.47 Å². The van der Waals surface area contributed by atoms with Gasteiger partial charge in [0.2, 0.25) is 5.88 Å². The maximum atomic E-state index is 12.2. The molecule has 3 heterocycles. The van der Waals surface area contributed by atoms with Crippen molar-refractivity contribution in [3.63, 3.8) is 0 Å². The molecule has 1 amide bonds. The first-order chi connectivity index (χ1) is 12.2. The summed E-state index contributed by atoms with van der Waals surface area (Å²) in [5.41, 5.74) is 0.333. The highest BCUT2D eigenvalue weighted by molar-refractivity contribution is 5.94. The second-order valence-electron chi connectivity index (χ2n) is 5.68. The summed E-state index contributed by atoms with van der Waals surface area (Å²) in [6.45, 7) is 2.12. The largest absolute Gasteiger partial charge is 0.472 e. The number of ether oxygens (including phenoxy) is 2. The molecule has 0 aliphatic carbocycles. The molecule has 1 fully saturated rings. The van der Waals surface area contributed by atoms with E-state index >= 15 is 0 Å². The Bertz CT molecular complexity index is 771. The summed E-state index contributed by atoms with van der Waals surface area (Å²) in [4.78, 5) is 27.9. The van der Waals surface area contributed by atoms with Gasteiger partial charge in [0.1, 0.15) is 6.10 Å². The van der Waals surface area contributed by atoms with E-state index in [1.807, 2.05) is 0 Å². The van der Waals surface area contributed by atoms with Gasteiger partial charge in [-0.1, -0.05) is 0 Å². The summed E-state index contributed by atoms with van der Waals surface area (Å²) in [5.74, 6) is 0.214. The maximum Gasteiger partial charge on any atom is 0.266 e. The summed E-state index contributed by atoms with van der Waals surface area (Å²) in [6, 6.07) is 6.31. The fraction of sp³-hybridized carbons (Fsp3) is 0.412.